The Morgan fingerprint density at radius 3 is 2.75 bits per heavy atom. The number of nitrogens with zero attached hydrogens (tertiary/aromatic N) is 2. The quantitative estimate of drug-likeness (QED) is 0.908. The van der Waals surface area contributed by atoms with Crippen LogP contribution in [0.15, 0.2) is 15.1 Å². The van der Waals surface area contributed by atoms with Crippen molar-refractivity contribution in [2.24, 2.45) is 5.92 Å². The summed E-state index contributed by atoms with van der Waals surface area (Å²) in [7, 11) is 0. The van der Waals surface area contributed by atoms with Gasteiger partial charge in [0.15, 0.2) is 5.69 Å². The van der Waals surface area contributed by atoms with Crippen LogP contribution in [0, 0.1) is 12.8 Å². The number of aromatic nitrogens is 2. The Labute approximate surface area is 117 Å². The Balaban J connectivity index is 2.10. The largest absolute Gasteiger partial charge is 0.361 e. The third kappa shape index (κ3) is 3.07. The molecule has 0 radical (unpaired) electrons. The monoisotopic (exact) mass is 277 g/mol. The molecule has 0 atom stereocenters. The molecule has 0 saturated carbocycles. The lowest BCUT2D eigenvalue weighted by Gasteiger charge is -2.00. The van der Waals surface area contributed by atoms with Gasteiger partial charge >= 0.3 is 0 Å². The Kier molecular flexibility index (Phi) is 4.22. The molecule has 0 unspecified atom stereocenters. The topological polar surface area (TPSA) is 81.2 Å². The molecule has 0 aromatic carbocycles. The van der Waals surface area contributed by atoms with Crippen molar-refractivity contribution in [2.45, 2.75) is 40.5 Å². The molecule has 6 nitrogen and oxygen atoms in total. The van der Waals surface area contributed by atoms with Gasteiger partial charge in [-0.15, -0.1) is 0 Å². The van der Waals surface area contributed by atoms with E-state index in [0.717, 1.165) is 24.1 Å². The summed E-state index contributed by atoms with van der Waals surface area (Å²) in [6, 6.07) is 1.66. The second-order valence-corrected chi connectivity index (χ2v) is 5.16. The predicted octanol–water partition coefficient (Wildman–Crippen LogP) is 2.98. The highest BCUT2D eigenvalue weighted by Gasteiger charge is 2.18. The summed E-state index contributed by atoms with van der Waals surface area (Å²) in [6.07, 6.45) is 1.49. The molecule has 2 heterocycles. The average molecular weight is 277 g/mol. The summed E-state index contributed by atoms with van der Waals surface area (Å²) in [5, 5.41) is 10.3. The number of nitrogens with one attached hydrogen (secondary N) is 1. The van der Waals surface area contributed by atoms with Crippen LogP contribution in [-0.4, -0.2) is 16.2 Å². The molecule has 2 rings (SSSR count). The number of anilines is 1. The number of amides is 1. The number of hydrogen-bond acceptors (Lipinski definition) is 5. The zero-order valence-corrected chi connectivity index (χ0v) is 12.2. The molecular formula is C14H19N3O3. The second kappa shape index (κ2) is 5.90. The molecule has 2 aromatic rings. The van der Waals surface area contributed by atoms with E-state index >= 15 is 0 Å². The van der Waals surface area contributed by atoms with Gasteiger partial charge in [0.2, 0.25) is 5.88 Å². The molecule has 0 aliphatic rings. The molecule has 0 aliphatic heterocycles. The van der Waals surface area contributed by atoms with Crippen molar-refractivity contribution < 1.29 is 13.8 Å². The smallest absolute Gasteiger partial charge is 0.280 e. The lowest BCUT2D eigenvalue weighted by Crippen LogP contribution is -2.12. The van der Waals surface area contributed by atoms with E-state index in [-0.39, 0.29) is 11.6 Å². The number of aryl methyl sites for hydroxylation is 1. The van der Waals surface area contributed by atoms with Crippen LogP contribution < -0.4 is 5.32 Å². The van der Waals surface area contributed by atoms with Crippen LogP contribution in [0.4, 0.5) is 5.88 Å². The Bertz CT molecular complexity index is 599. The van der Waals surface area contributed by atoms with Gasteiger partial charge < -0.3 is 9.05 Å². The fraction of sp³-hybridized carbons (Fsp3) is 0.500. The third-order valence-electron chi connectivity index (χ3n) is 2.97. The molecule has 0 aliphatic carbocycles. The third-order valence-corrected chi connectivity index (χ3v) is 2.97. The lowest BCUT2D eigenvalue weighted by atomic mass is 10.1. The molecule has 0 saturated heterocycles. The lowest BCUT2D eigenvalue weighted by molar-refractivity contribution is 0.101. The Hall–Kier alpha value is -2.11. The van der Waals surface area contributed by atoms with E-state index in [2.05, 4.69) is 29.5 Å². The van der Waals surface area contributed by atoms with Crippen molar-refractivity contribution in [3.05, 3.63) is 28.8 Å². The van der Waals surface area contributed by atoms with Crippen molar-refractivity contribution in [2.75, 3.05) is 5.32 Å². The molecule has 0 fully saturated rings. The summed E-state index contributed by atoms with van der Waals surface area (Å²) in [6.45, 7) is 7.97. The molecule has 0 spiro atoms. The Morgan fingerprint density at radius 2 is 2.10 bits per heavy atom. The zero-order valence-electron chi connectivity index (χ0n) is 12.2. The average Bonchev–Trinajstić information content (AvgIpc) is 2.96. The first-order valence-corrected chi connectivity index (χ1v) is 6.73. The van der Waals surface area contributed by atoms with E-state index < -0.39 is 0 Å². The van der Waals surface area contributed by atoms with Crippen molar-refractivity contribution in [3.8, 4) is 0 Å². The maximum Gasteiger partial charge on any atom is 0.280 e. The minimum atomic E-state index is -0.352. The normalized spacial score (nSPS) is 11.1. The molecule has 1 N–H and O–H groups in total. The summed E-state index contributed by atoms with van der Waals surface area (Å²) >= 11 is 0. The molecule has 1 amide bonds. The SMILES string of the molecule is CCc1c(C)noc1NC(=O)c1cc(CC(C)C)on1. The van der Waals surface area contributed by atoms with E-state index in [4.69, 9.17) is 9.05 Å². The van der Waals surface area contributed by atoms with Gasteiger partial charge in [-0.1, -0.05) is 31.1 Å². The standard InChI is InChI=1S/C14H19N3O3/c1-5-11-9(4)16-20-14(11)15-13(18)12-7-10(19-17-12)6-8(2)3/h7-8H,5-6H2,1-4H3,(H,15,18). The van der Waals surface area contributed by atoms with Crippen molar-refractivity contribution in [1.29, 1.82) is 0 Å². The molecule has 6 heteroatoms. The second-order valence-electron chi connectivity index (χ2n) is 5.16. The van der Waals surface area contributed by atoms with Crippen molar-refractivity contribution in [3.63, 3.8) is 0 Å². The minimum Gasteiger partial charge on any atom is -0.361 e. The van der Waals surface area contributed by atoms with Gasteiger partial charge in [-0.3, -0.25) is 10.1 Å². The first-order valence-electron chi connectivity index (χ1n) is 6.73. The van der Waals surface area contributed by atoms with E-state index in [1.807, 2.05) is 13.8 Å². The molecule has 2 aromatic heterocycles. The van der Waals surface area contributed by atoms with Gasteiger partial charge in [0.25, 0.3) is 5.91 Å². The fourth-order valence-corrected chi connectivity index (χ4v) is 1.99. The highest BCUT2D eigenvalue weighted by Crippen LogP contribution is 2.20. The van der Waals surface area contributed by atoms with E-state index in [1.165, 1.54) is 0 Å². The zero-order chi connectivity index (χ0) is 14.7. The Morgan fingerprint density at radius 1 is 1.35 bits per heavy atom. The molecule has 0 bridgehead atoms. The van der Waals surface area contributed by atoms with Crippen LogP contribution >= 0.6 is 0 Å². The summed E-state index contributed by atoms with van der Waals surface area (Å²) in [5.74, 6) is 1.18. The van der Waals surface area contributed by atoms with Gasteiger partial charge in [0.1, 0.15) is 5.76 Å². The van der Waals surface area contributed by atoms with Crippen LogP contribution in [0.1, 0.15) is 48.3 Å². The summed E-state index contributed by atoms with van der Waals surface area (Å²) in [4.78, 5) is 12.1. The van der Waals surface area contributed by atoms with E-state index in [0.29, 0.717) is 17.6 Å². The van der Waals surface area contributed by atoms with Crippen LogP contribution in [-0.2, 0) is 12.8 Å². The highest BCUT2D eigenvalue weighted by atomic mass is 16.5. The maximum absolute atomic E-state index is 12.1. The van der Waals surface area contributed by atoms with Crippen molar-refractivity contribution in [1.82, 2.24) is 10.3 Å². The minimum absolute atomic E-state index is 0.247. The van der Waals surface area contributed by atoms with Crippen LogP contribution in [0.2, 0.25) is 0 Å². The van der Waals surface area contributed by atoms with Gasteiger partial charge in [-0.05, 0) is 19.3 Å². The predicted molar refractivity (Wildman–Crippen MR) is 73.6 cm³/mol. The summed E-state index contributed by atoms with van der Waals surface area (Å²) in [5.41, 5.74) is 1.92. The van der Waals surface area contributed by atoms with E-state index in [1.54, 1.807) is 6.07 Å². The number of hydrogen-bond donors (Lipinski definition) is 1. The first-order chi connectivity index (χ1) is 9.51. The van der Waals surface area contributed by atoms with E-state index in [9.17, 15) is 4.79 Å². The van der Waals surface area contributed by atoms with Crippen molar-refractivity contribution >= 4 is 11.8 Å². The van der Waals surface area contributed by atoms with Gasteiger partial charge in [-0.2, -0.15) is 0 Å². The maximum atomic E-state index is 12.1. The van der Waals surface area contributed by atoms with Gasteiger partial charge in [0.05, 0.1) is 5.69 Å². The number of rotatable bonds is 5. The summed E-state index contributed by atoms with van der Waals surface area (Å²) < 4.78 is 10.2. The fourth-order valence-electron chi connectivity index (χ4n) is 1.99. The van der Waals surface area contributed by atoms with Crippen LogP contribution in [0.5, 0.6) is 0 Å². The molecule has 108 valence electrons. The van der Waals surface area contributed by atoms with Gasteiger partial charge in [-0.25, -0.2) is 0 Å². The van der Waals surface area contributed by atoms with Gasteiger partial charge in [0, 0.05) is 18.1 Å². The van der Waals surface area contributed by atoms with Crippen LogP contribution in [0.25, 0.3) is 0 Å². The molecule has 20 heavy (non-hydrogen) atoms. The van der Waals surface area contributed by atoms with Crippen LogP contribution in [0.3, 0.4) is 0 Å². The molecular weight excluding hydrogens is 258 g/mol. The number of carbonyl (C=O) groups is 1. The first kappa shape index (κ1) is 14.3. The highest BCUT2D eigenvalue weighted by molar-refractivity contribution is 6.02. The number of carbonyl (C=O) groups excluding carboxylic acids is 1.